The molecule has 0 unspecified atom stereocenters. The quantitative estimate of drug-likeness (QED) is 0.442. The van der Waals surface area contributed by atoms with E-state index < -0.39 is 5.97 Å². The van der Waals surface area contributed by atoms with Crippen molar-refractivity contribution >= 4 is 11.7 Å². The van der Waals surface area contributed by atoms with Crippen LogP contribution in [0.15, 0.2) is 24.3 Å². The maximum atomic E-state index is 11.4. The Morgan fingerprint density at radius 2 is 2.00 bits per heavy atom. The summed E-state index contributed by atoms with van der Waals surface area (Å²) < 4.78 is 15.5. The number of ether oxygens (including phenoxy) is 3. The molecule has 5 heteroatoms. The van der Waals surface area contributed by atoms with Crippen LogP contribution in [0.2, 0.25) is 0 Å². The minimum Gasteiger partial charge on any atom is -0.480 e. The summed E-state index contributed by atoms with van der Waals surface area (Å²) in [6.45, 7) is 5.26. The molecule has 19 heavy (non-hydrogen) atoms. The summed E-state index contributed by atoms with van der Waals surface area (Å²) in [5.41, 5.74) is 6.17. The van der Waals surface area contributed by atoms with E-state index in [9.17, 15) is 4.79 Å². The summed E-state index contributed by atoms with van der Waals surface area (Å²) in [5, 5.41) is 0. The van der Waals surface area contributed by atoms with Crippen LogP contribution in [0.5, 0.6) is 5.75 Å². The Bertz CT molecular complexity index is 393. The summed E-state index contributed by atoms with van der Waals surface area (Å²) in [6, 6.07) is 7.00. The Morgan fingerprint density at radius 1 is 1.26 bits per heavy atom. The monoisotopic (exact) mass is 267 g/mol. The topological polar surface area (TPSA) is 70.8 Å². The van der Waals surface area contributed by atoms with E-state index in [-0.39, 0.29) is 13.2 Å². The molecule has 0 atom stereocenters. The van der Waals surface area contributed by atoms with Crippen LogP contribution < -0.4 is 10.5 Å². The number of carbonyl (C=O) groups excluding carboxylic acids is 1. The zero-order chi connectivity index (χ0) is 14.1. The molecular weight excluding hydrogens is 246 g/mol. The number of rotatable bonds is 8. The third-order valence-corrected chi connectivity index (χ3v) is 2.21. The van der Waals surface area contributed by atoms with Gasteiger partial charge in [0.25, 0.3) is 0 Å². The van der Waals surface area contributed by atoms with Gasteiger partial charge in [-0.3, -0.25) is 0 Å². The number of carbonyl (C=O) groups is 1. The van der Waals surface area contributed by atoms with Crippen LogP contribution in [0.1, 0.15) is 13.8 Å². The molecule has 0 fully saturated rings. The lowest BCUT2D eigenvalue weighted by Crippen LogP contribution is -2.18. The van der Waals surface area contributed by atoms with Gasteiger partial charge in [0.1, 0.15) is 12.4 Å². The predicted octanol–water partition coefficient (Wildman–Crippen LogP) is 1.86. The van der Waals surface area contributed by atoms with Gasteiger partial charge in [0.2, 0.25) is 0 Å². The van der Waals surface area contributed by atoms with Gasteiger partial charge in [-0.25, -0.2) is 4.79 Å². The van der Waals surface area contributed by atoms with Gasteiger partial charge in [0.05, 0.1) is 12.3 Å². The lowest BCUT2D eigenvalue weighted by molar-refractivity contribution is -0.147. The molecule has 106 valence electrons. The van der Waals surface area contributed by atoms with Crippen molar-refractivity contribution in [3.63, 3.8) is 0 Å². The Hall–Kier alpha value is -1.75. The molecule has 0 amide bonds. The van der Waals surface area contributed by atoms with Gasteiger partial charge in [-0.05, 0) is 18.1 Å². The first-order valence-corrected chi connectivity index (χ1v) is 6.30. The van der Waals surface area contributed by atoms with Crippen LogP contribution in [-0.4, -0.2) is 32.4 Å². The first kappa shape index (κ1) is 15.3. The zero-order valence-corrected chi connectivity index (χ0v) is 11.4. The number of nitrogen functional groups attached to an aromatic ring is 1. The van der Waals surface area contributed by atoms with Gasteiger partial charge in [-0.1, -0.05) is 26.0 Å². The first-order chi connectivity index (χ1) is 9.09. The van der Waals surface area contributed by atoms with Crippen molar-refractivity contribution in [2.45, 2.75) is 13.8 Å². The van der Waals surface area contributed by atoms with Crippen LogP contribution in [0.25, 0.3) is 0 Å². The number of para-hydroxylation sites is 2. The molecule has 0 heterocycles. The summed E-state index contributed by atoms with van der Waals surface area (Å²) in [6.07, 6.45) is 0. The minimum atomic E-state index is -0.434. The van der Waals surface area contributed by atoms with E-state index in [0.29, 0.717) is 30.6 Å². The Morgan fingerprint density at radius 3 is 2.68 bits per heavy atom. The molecule has 0 bridgehead atoms. The molecule has 0 saturated carbocycles. The molecule has 5 nitrogen and oxygen atoms in total. The van der Waals surface area contributed by atoms with Crippen LogP contribution in [0.4, 0.5) is 5.69 Å². The van der Waals surface area contributed by atoms with Crippen LogP contribution in [0.3, 0.4) is 0 Å². The van der Waals surface area contributed by atoms with Crippen LogP contribution in [0, 0.1) is 5.92 Å². The number of hydrogen-bond donors (Lipinski definition) is 1. The molecule has 0 saturated heterocycles. The van der Waals surface area contributed by atoms with Crippen molar-refractivity contribution in [1.82, 2.24) is 0 Å². The number of esters is 1. The molecule has 0 aliphatic rings. The van der Waals surface area contributed by atoms with E-state index in [1.54, 1.807) is 24.3 Å². The molecule has 2 N–H and O–H groups in total. The zero-order valence-electron chi connectivity index (χ0n) is 11.4. The SMILES string of the molecule is CC(C)COCCOC(=O)COc1ccccc1N. The van der Waals surface area contributed by atoms with E-state index in [0.717, 1.165) is 0 Å². The normalized spacial score (nSPS) is 10.5. The number of nitrogens with two attached hydrogens (primary N) is 1. The van der Waals surface area contributed by atoms with Crippen molar-refractivity contribution in [2.75, 3.05) is 32.2 Å². The summed E-state index contributed by atoms with van der Waals surface area (Å²) in [5.74, 6) is 0.520. The fraction of sp³-hybridized carbons (Fsp3) is 0.500. The molecule has 1 rings (SSSR count). The highest BCUT2D eigenvalue weighted by atomic mass is 16.6. The van der Waals surface area contributed by atoms with Gasteiger partial charge < -0.3 is 19.9 Å². The highest BCUT2D eigenvalue weighted by Gasteiger charge is 2.06. The fourth-order valence-corrected chi connectivity index (χ4v) is 1.32. The molecular formula is C14H21NO4. The molecule has 1 aromatic carbocycles. The Kier molecular flexibility index (Phi) is 6.74. The van der Waals surface area contributed by atoms with E-state index in [1.165, 1.54) is 0 Å². The summed E-state index contributed by atoms with van der Waals surface area (Å²) >= 11 is 0. The van der Waals surface area contributed by atoms with Crippen molar-refractivity contribution in [3.05, 3.63) is 24.3 Å². The first-order valence-electron chi connectivity index (χ1n) is 6.30. The van der Waals surface area contributed by atoms with Crippen LogP contribution >= 0.6 is 0 Å². The average molecular weight is 267 g/mol. The number of anilines is 1. The second-order valence-electron chi connectivity index (χ2n) is 4.52. The maximum absolute atomic E-state index is 11.4. The predicted molar refractivity (Wildman–Crippen MR) is 73.0 cm³/mol. The molecule has 0 aromatic heterocycles. The molecule has 0 aliphatic heterocycles. The van der Waals surface area contributed by atoms with E-state index in [4.69, 9.17) is 19.9 Å². The van der Waals surface area contributed by atoms with Crippen LogP contribution in [-0.2, 0) is 14.3 Å². The molecule has 0 radical (unpaired) electrons. The van der Waals surface area contributed by atoms with Gasteiger partial charge in [0.15, 0.2) is 6.61 Å². The number of benzene rings is 1. The average Bonchev–Trinajstić information content (AvgIpc) is 2.37. The Labute approximate surface area is 113 Å². The van der Waals surface area contributed by atoms with Gasteiger partial charge in [-0.2, -0.15) is 0 Å². The van der Waals surface area contributed by atoms with E-state index in [1.807, 2.05) is 0 Å². The van der Waals surface area contributed by atoms with E-state index >= 15 is 0 Å². The number of hydrogen-bond acceptors (Lipinski definition) is 5. The van der Waals surface area contributed by atoms with Gasteiger partial charge >= 0.3 is 5.97 Å². The smallest absolute Gasteiger partial charge is 0.344 e. The lowest BCUT2D eigenvalue weighted by atomic mass is 10.2. The highest BCUT2D eigenvalue weighted by Crippen LogP contribution is 2.19. The second-order valence-corrected chi connectivity index (χ2v) is 4.52. The lowest BCUT2D eigenvalue weighted by Gasteiger charge is -2.09. The molecule has 0 aliphatic carbocycles. The second kappa shape index (κ2) is 8.37. The molecule has 1 aromatic rings. The largest absolute Gasteiger partial charge is 0.480 e. The Balaban J connectivity index is 2.13. The minimum absolute atomic E-state index is 0.154. The highest BCUT2D eigenvalue weighted by molar-refractivity contribution is 5.71. The molecule has 0 spiro atoms. The van der Waals surface area contributed by atoms with Crippen molar-refractivity contribution in [1.29, 1.82) is 0 Å². The van der Waals surface area contributed by atoms with Crippen molar-refractivity contribution in [2.24, 2.45) is 5.92 Å². The van der Waals surface area contributed by atoms with Crippen molar-refractivity contribution < 1.29 is 19.0 Å². The van der Waals surface area contributed by atoms with Gasteiger partial charge in [0, 0.05) is 6.61 Å². The maximum Gasteiger partial charge on any atom is 0.344 e. The van der Waals surface area contributed by atoms with Gasteiger partial charge in [-0.15, -0.1) is 0 Å². The third-order valence-electron chi connectivity index (χ3n) is 2.21. The fourth-order valence-electron chi connectivity index (χ4n) is 1.32. The van der Waals surface area contributed by atoms with E-state index in [2.05, 4.69) is 13.8 Å². The third kappa shape index (κ3) is 6.67. The van der Waals surface area contributed by atoms with Crippen molar-refractivity contribution in [3.8, 4) is 5.75 Å². The summed E-state index contributed by atoms with van der Waals surface area (Å²) in [7, 11) is 0. The summed E-state index contributed by atoms with van der Waals surface area (Å²) in [4.78, 5) is 11.4. The standard InChI is InChI=1S/C14H21NO4/c1-11(2)9-17-7-8-18-14(16)10-19-13-6-4-3-5-12(13)15/h3-6,11H,7-10,15H2,1-2H3.